The minimum atomic E-state index is -1.42. The van der Waals surface area contributed by atoms with E-state index < -0.39 is 8.32 Å². The molecule has 170 valence electrons. The number of aryl methyl sites for hydroxylation is 1. The molecule has 3 rings (SSSR count). The van der Waals surface area contributed by atoms with Crippen LogP contribution < -0.4 is 4.74 Å². The van der Waals surface area contributed by atoms with Crippen LogP contribution in [-0.2, 0) is 15.6 Å². The number of hydrogen-bond donors (Lipinski definition) is 0. The summed E-state index contributed by atoms with van der Waals surface area (Å²) in [6.45, 7) is 9.74. The fourth-order valence-corrected chi connectivity index (χ4v) is 5.20. The third-order valence-corrected chi connectivity index (χ3v) is 6.46. The summed E-state index contributed by atoms with van der Waals surface area (Å²) in [4.78, 5) is 9.14. The summed E-state index contributed by atoms with van der Waals surface area (Å²) in [6.07, 6.45) is 13.2. The number of benzene rings is 1. The van der Waals surface area contributed by atoms with Gasteiger partial charge < -0.3 is 13.9 Å². The zero-order chi connectivity index (χ0) is 22.1. The molecule has 2 atom stereocenters. The summed E-state index contributed by atoms with van der Waals surface area (Å²) in [6, 6.07) is 7.96. The van der Waals surface area contributed by atoms with Gasteiger partial charge in [-0.05, 0) is 88.5 Å². The molecule has 2 unspecified atom stereocenters. The van der Waals surface area contributed by atoms with Crippen LogP contribution in [0.25, 0.3) is 11.4 Å². The summed E-state index contributed by atoms with van der Waals surface area (Å²) >= 11 is 0. The number of ether oxygens (including phenoxy) is 2. The van der Waals surface area contributed by atoms with Crippen LogP contribution >= 0.6 is 0 Å². The third-order valence-electron chi connectivity index (χ3n) is 5.35. The first-order valence-electron chi connectivity index (χ1n) is 11.8. The normalized spacial score (nSPS) is 18.0. The predicted octanol–water partition coefficient (Wildman–Crippen LogP) is 6.39. The molecular formula is C25H38N2O3Si. The second-order valence-electron chi connectivity index (χ2n) is 9.49. The Balaban J connectivity index is 1.39. The minimum Gasteiger partial charge on any atom is -0.465 e. The van der Waals surface area contributed by atoms with Gasteiger partial charge in [-0.3, -0.25) is 0 Å². The van der Waals surface area contributed by atoms with Crippen molar-refractivity contribution < 1.29 is 13.9 Å². The van der Waals surface area contributed by atoms with Crippen molar-refractivity contribution >= 4 is 8.32 Å². The van der Waals surface area contributed by atoms with E-state index in [2.05, 4.69) is 36.5 Å². The van der Waals surface area contributed by atoms with Gasteiger partial charge >= 0.3 is 0 Å². The molecule has 0 radical (unpaired) electrons. The van der Waals surface area contributed by atoms with Crippen molar-refractivity contribution in [3.63, 3.8) is 0 Å². The molecule has 0 N–H and O–H groups in total. The molecule has 1 aromatic heterocycles. The first kappa shape index (κ1) is 23.9. The Kier molecular flexibility index (Phi) is 9.05. The molecule has 0 spiro atoms. The maximum absolute atomic E-state index is 6.11. The molecule has 5 nitrogen and oxygen atoms in total. The lowest BCUT2D eigenvalue weighted by Crippen LogP contribution is -2.30. The Morgan fingerprint density at radius 1 is 1.03 bits per heavy atom. The van der Waals surface area contributed by atoms with Crippen molar-refractivity contribution in [3.8, 4) is 17.1 Å². The van der Waals surface area contributed by atoms with Crippen molar-refractivity contribution in [3.05, 3.63) is 42.2 Å². The number of aromatic nitrogens is 2. The quantitative estimate of drug-likeness (QED) is 0.298. The van der Waals surface area contributed by atoms with Crippen LogP contribution in [0.1, 0.15) is 57.4 Å². The second kappa shape index (κ2) is 11.7. The summed E-state index contributed by atoms with van der Waals surface area (Å²) in [5.74, 6) is 1.58. The van der Waals surface area contributed by atoms with E-state index in [1.165, 1.54) is 18.4 Å². The summed E-state index contributed by atoms with van der Waals surface area (Å²) < 4.78 is 17.6. The van der Waals surface area contributed by atoms with Gasteiger partial charge in [-0.1, -0.05) is 12.8 Å². The molecule has 1 aromatic carbocycles. The van der Waals surface area contributed by atoms with E-state index in [0.29, 0.717) is 6.10 Å². The van der Waals surface area contributed by atoms with E-state index in [9.17, 15) is 0 Å². The van der Waals surface area contributed by atoms with Crippen LogP contribution in [0.3, 0.4) is 0 Å². The van der Waals surface area contributed by atoms with E-state index in [1.807, 2.05) is 36.7 Å². The molecule has 2 aromatic rings. The predicted molar refractivity (Wildman–Crippen MR) is 128 cm³/mol. The molecule has 1 saturated heterocycles. The van der Waals surface area contributed by atoms with Gasteiger partial charge in [0.2, 0.25) is 0 Å². The fraction of sp³-hybridized carbons (Fsp3) is 0.600. The van der Waals surface area contributed by atoms with Crippen molar-refractivity contribution in [1.29, 1.82) is 0 Å². The van der Waals surface area contributed by atoms with Gasteiger partial charge in [-0.25, -0.2) is 9.97 Å². The highest BCUT2D eigenvalue weighted by atomic mass is 28.4. The van der Waals surface area contributed by atoms with Gasteiger partial charge in [0.1, 0.15) is 5.75 Å². The Hall–Kier alpha value is -1.76. The van der Waals surface area contributed by atoms with E-state index in [4.69, 9.17) is 13.9 Å². The molecule has 0 aliphatic carbocycles. The monoisotopic (exact) mass is 442 g/mol. The van der Waals surface area contributed by atoms with Gasteiger partial charge in [-0.15, -0.1) is 0 Å². The van der Waals surface area contributed by atoms with Crippen molar-refractivity contribution in [2.45, 2.75) is 90.3 Å². The average Bonchev–Trinajstić information content (AvgIpc) is 2.74. The summed E-state index contributed by atoms with van der Waals surface area (Å²) in [5.41, 5.74) is 2.20. The maximum Gasteiger partial charge on any atom is 0.199 e. The van der Waals surface area contributed by atoms with Gasteiger partial charge in [0.15, 0.2) is 20.4 Å². The van der Waals surface area contributed by atoms with Gasteiger partial charge in [0.05, 0.1) is 6.61 Å². The minimum absolute atomic E-state index is 0.119. The average molecular weight is 443 g/mol. The van der Waals surface area contributed by atoms with Gasteiger partial charge in [-0.2, -0.15) is 0 Å². The third kappa shape index (κ3) is 8.71. The van der Waals surface area contributed by atoms with Gasteiger partial charge in [0, 0.05) is 30.5 Å². The topological polar surface area (TPSA) is 53.5 Å². The summed E-state index contributed by atoms with van der Waals surface area (Å²) in [5, 5.41) is 0. The Morgan fingerprint density at radius 3 is 2.42 bits per heavy atom. The number of rotatable bonds is 11. The maximum atomic E-state index is 6.11. The zero-order valence-corrected chi connectivity index (χ0v) is 20.6. The molecule has 1 aliphatic heterocycles. The first-order valence-corrected chi connectivity index (χ1v) is 15.2. The van der Waals surface area contributed by atoms with E-state index in [0.717, 1.165) is 62.3 Å². The number of hydrogen-bond acceptors (Lipinski definition) is 5. The largest absolute Gasteiger partial charge is 0.465 e. The molecular weight excluding hydrogens is 404 g/mol. The summed E-state index contributed by atoms with van der Waals surface area (Å²) in [7, 11) is -1.42. The van der Waals surface area contributed by atoms with Crippen LogP contribution in [0.5, 0.6) is 5.75 Å². The molecule has 6 heteroatoms. The zero-order valence-electron chi connectivity index (χ0n) is 19.6. The molecule has 0 bridgehead atoms. The highest BCUT2D eigenvalue weighted by Crippen LogP contribution is 2.23. The van der Waals surface area contributed by atoms with Crippen LogP contribution in [-0.4, -0.2) is 37.3 Å². The smallest absolute Gasteiger partial charge is 0.199 e. The Morgan fingerprint density at radius 2 is 1.77 bits per heavy atom. The SMILES string of the molecule is CC(CCCCCc1cnc(-c2ccc(OC3CCCCO3)cc2)nc1)O[Si](C)(C)C. The van der Waals surface area contributed by atoms with Crippen molar-refractivity contribution in [2.75, 3.05) is 6.61 Å². The lowest BCUT2D eigenvalue weighted by molar-refractivity contribution is -0.105. The number of nitrogens with zero attached hydrogens (tertiary/aromatic N) is 2. The van der Waals surface area contributed by atoms with E-state index in [-0.39, 0.29) is 6.29 Å². The van der Waals surface area contributed by atoms with E-state index >= 15 is 0 Å². The van der Waals surface area contributed by atoms with Gasteiger partial charge in [0.25, 0.3) is 0 Å². The molecule has 2 heterocycles. The van der Waals surface area contributed by atoms with Crippen molar-refractivity contribution in [2.24, 2.45) is 0 Å². The van der Waals surface area contributed by atoms with Crippen LogP contribution in [0, 0.1) is 0 Å². The lowest BCUT2D eigenvalue weighted by Gasteiger charge is -2.23. The molecule has 1 fully saturated rings. The second-order valence-corrected chi connectivity index (χ2v) is 14.0. The number of unbranched alkanes of at least 4 members (excludes halogenated alkanes) is 2. The first-order chi connectivity index (χ1) is 14.9. The highest BCUT2D eigenvalue weighted by Gasteiger charge is 2.18. The Labute approximate surface area is 188 Å². The molecule has 1 aliphatic rings. The van der Waals surface area contributed by atoms with Crippen molar-refractivity contribution in [1.82, 2.24) is 9.97 Å². The van der Waals surface area contributed by atoms with Crippen LogP contribution in [0.4, 0.5) is 0 Å². The molecule has 0 amide bonds. The fourth-order valence-electron chi connectivity index (χ4n) is 3.87. The van der Waals surface area contributed by atoms with Crippen LogP contribution in [0.2, 0.25) is 19.6 Å². The van der Waals surface area contributed by atoms with E-state index in [1.54, 1.807) is 0 Å². The Bertz CT molecular complexity index is 769. The standard InChI is InChI=1S/C25H38N2O3Si/c1-20(30-31(2,3)4)10-6-5-7-11-21-18-26-25(27-19-21)22-13-15-23(16-14-22)29-24-12-8-9-17-28-24/h13-16,18-20,24H,5-12,17H2,1-4H3. The lowest BCUT2D eigenvalue weighted by atomic mass is 10.1. The molecule has 31 heavy (non-hydrogen) atoms. The highest BCUT2D eigenvalue weighted by molar-refractivity contribution is 6.69. The van der Waals surface area contributed by atoms with Crippen LogP contribution in [0.15, 0.2) is 36.7 Å². The molecule has 0 saturated carbocycles.